The number of carbonyl (C=O) groups is 3. The molecule has 9 heteroatoms. The summed E-state index contributed by atoms with van der Waals surface area (Å²) < 4.78 is 25.8. The van der Waals surface area contributed by atoms with Crippen LogP contribution in [0.4, 0.5) is 14.9 Å². The minimum Gasteiger partial charge on any atom is -0.497 e. The first-order chi connectivity index (χ1) is 16.4. The van der Waals surface area contributed by atoms with E-state index in [1.165, 1.54) is 19.3 Å². The van der Waals surface area contributed by atoms with Crippen LogP contribution in [0.2, 0.25) is 0 Å². The number of hydrogen-bond donors (Lipinski definition) is 1. The lowest BCUT2D eigenvalue weighted by Gasteiger charge is -2.26. The van der Waals surface area contributed by atoms with E-state index in [1.807, 2.05) is 0 Å². The van der Waals surface area contributed by atoms with Crippen LogP contribution >= 0.6 is 15.9 Å². The van der Waals surface area contributed by atoms with E-state index >= 15 is 0 Å². The molecular formula is C25H18BrFN2O5. The van der Waals surface area contributed by atoms with Crippen molar-refractivity contribution in [3.8, 4) is 11.5 Å². The lowest BCUT2D eigenvalue weighted by Crippen LogP contribution is -2.54. The molecule has 172 valence electrons. The molecule has 3 aromatic rings. The van der Waals surface area contributed by atoms with Crippen LogP contribution in [0.3, 0.4) is 0 Å². The summed E-state index contributed by atoms with van der Waals surface area (Å²) in [5.41, 5.74) is 0.751. The fourth-order valence-corrected chi connectivity index (χ4v) is 3.56. The number of carbonyl (C=O) groups excluding carboxylic acids is 3. The first kappa shape index (κ1) is 23.2. The molecule has 1 saturated heterocycles. The first-order valence-electron chi connectivity index (χ1n) is 10.1. The van der Waals surface area contributed by atoms with Gasteiger partial charge in [0.15, 0.2) is 0 Å². The Kier molecular flexibility index (Phi) is 6.74. The summed E-state index contributed by atoms with van der Waals surface area (Å²) in [7, 11) is 1.48. The van der Waals surface area contributed by atoms with Gasteiger partial charge < -0.3 is 9.47 Å². The highest BCUT2D eigenvalue weighted by Gasteiger charge is 2.37. The Morgan fingerprint density at radius 2 is 1.76 bits per heavy atom. The smallest absolute Gasteiger partial charge is 0.335 e. The zero-order valence-corrected chi connectivity index (χ0v) is 19.5. The van der Waals surface area contributed by atoms with Crippen molar-refractivity contribution >= 4 is 45.5 Å². The second-order valence-corrected chi connectivity index (χ2v) is 8.13. The van der Waals surface area contributed by atoms with Crippen LogP contribution in [0.15, 0.2) is 76.8 Å². The van der Waals surface area contributed by atoms with Gasteiger partial charge in [-0.25, -0.2) is 14.1 Å². The van der Waals surface area contributed by atoms with Crippen LogP contribution in [0.5, 0.6) is 11.5 Å². The van der Waals surface area contributed by atoms with Crippen molar-refractivity contribution in [2.24, 2.45) is 0 Å². The van der Waals surface area contributed by atoms with E-state index in [1.54, 1.807) is 60.7 Å². The highest BCUT2D eigenvalue weighted by atomic mass is 79.9. The second-order valence-electron chi connectivity index (χ2n) is 7.22. The molecular weight excluding hydrogens is 507 g/mol. The van der Waals surface area contributed by atoms with Gasteiger partial charge in [-0.15, -0.1) is 0 Å². The van der Waals surface area contributed by atoms with Gasteiger partial charge in [-0.3, -0.25) is 14.9 Å². The third-order valence-corrected chi connectivity index (χ3v) is 5.58. The van der Waals surface area contributed by atoms with E-state index in [9.17, 15) is 18.8 Å². The Hall–Kier alpha value is -3.98. The molecule has 0 aliphatic carbocycles. The Morgan fingerprint density at radius 1 is 1.03 bits per heavy atom. The van der Waals surface area contributed by atoms with Gasteiger partial charge in [0.2, 0.25) is 0 Å². The maximum Gasteiger partial charge on any atom is 0.335 e. The molecule has 0 radical (unpaired) electrons. The Labute approximate surface area is 202 Å². The standard InChI is InChI=1S/C25H18BrFN2O5/c1-33-19-11-6-15(22(13-19)34-14-16-4-2-3-5-21(16)27)12-20-23(30)28-25(32)29(24(20)31)18-9-7-17(26)8-10-18/h2-13H,14H2,1H3,(H,28,30,32)/b20-12+. The average molecular weight is 525 g/mol. The number of ether oxygens (including phenoxy) is 2. The third kappa shape index (κ3) is 4.84. The molecule has 0 spiro atoms. The number of amides is 4. The highest BCUT2D eigenvalue weighted by Crippen LogP contribution is 2.30. The van der Waals surface area contributed by atoms with Crippen molar-refractivity contribution in [1.82, 2.24) is 5.32 Å². The van der Waals surface area contributed by atoms with Crippen LogP contribution < -0.4 is 19.7 Å². The summed E-state index contributed by atoms with van der Waals surface area (Å²) in [6.07, 6.45) is 1.33. The molecule has 0 unspecified atom stereocenters. The fraction of sp³-hybridized carbons (Fsp3) is 0.0800. The maximum atomic E-state index is 14.0. The number of anilines is 1. The zero-order chi connectivity index (χ0) is 24.2. The number of barbiturate groups is 1. The number of nitrogens with zero attached hydrogens (tertiary/aromatic N) is 1. The first-order valence-corrected chi connectivity index (χ1v) is 10.9. The summed E-state index contributed by atoms with van der Waals surface area (Å²) in [4.78, 5) is 39.0. The van der Waals surface area contributed by atoms with Crippen LogP contribution in [-0.4, -0.2) is 25.0 Å². The van der Waals surface area contributed by atoms with Gasteiger partial charge in [0.05, 0.1) is 12.8 Å². The van der Waals surface area contributed by atoms with E-state index in [-0.39, 0.29) is 17.9 Å². The largest absolute Gasteiger partial charge is 0.497 e. The summed E-state index contributed by atoms with van der Waals surface area (Å²) in [6, 6.07) is 16.6. The Bertz CT molecular complexity index is 1310. The molecule has 0 saturated carbocycles. The Balaban J connectivity index is 1.69. The lowest BCUT2D eigenvalue weighted by atomic mass is 10.1. The van der Waals surface area contributed by atoms with E-state index in [0.717, 1.165) is 9.37 Å². The minimum absolute atomic E-state index is 0.0837. The molecule has 1 N–H and O–H groups in total. The molecule has 1 fully saturated rings. The number of imide groups is 2. The van der Waals surface area contributed by atoms with Crippen LogP contribution in [0.1, 0.15) is 11.1 Å². The zero-order valence-electron chi connectivity index (χ0n) is 17.9. The summed E-state index contributed by atoms with van der Waals surface area (Å²) in [5.74, 6) is -1.30. The van der Waals surface area contributed by atoms with Gasteiger partial charge >= 0.3 is 6.03 Å². The van der Waals surface area contributed by atoms with Gasteiger partial charge in [0.25, 0.3) is 11.8 Å². The van der Waals surface area contributed by atoms with E-state index < -0.39 is 23.7 Å². The fourth-order valence-electron chi connectivity index (χ4n) is 3.29. The molecule has 1 aliphatic rings. The summed E-state index contributed by atoms with van der Waals surface area (Å²) >= 11 is 3.30. The average Bonchev–Trinajstić information content (AvgIpc) is 2.82. The molecule has 0 aromatic heterocycles. The molecule has 4 rings (SSSR count). The molecule has 0 bridgehead atoms. The van der Waals surface area contributed by atoms with Crippen molar-refractivity contribution in [2.75, 3.05) is 12.0 Å². The summed E-state index contributed by atoms with van der Waals surface area (Å²) in [5, 5.41) is 2.18. The van der Waals surface area contributed by atoms with Gasteiger partial charge in [-0.2, -0.15) is 0 Å². The van der Waals surface area contributed by atoms with E-state index in [0.29, 0.717) is 22.6 Å². The highest BCUT2D eigenvalue weighted by molar-refractivity contribution is 9.10. The SMILES string of the molecule is COc1ccc(/C=C2\C(=O)NC(=O)N(c3ccc(Br)cc3)C2=O)c(OCc2ccccc2F)c1. The molecule has 1 heterocycles. The molecule has 7 nitrogen and oxygen atoms in total. The number of rotatable bonds is 6. The van der Waals surface area contributed by atoms with Crippen molar-refractivity contribution in [3.05, 3.63) is 93.7 Å². The molecule has 34 heavy (non-hydrogen) atoms. The number of benzene rings is 3. The van der Waals surface area contributed by atoms with Crippen molar-refractivity contribution in [3.63, 3.8) is 0 Å². The predicted molar refractivity (Wildman–Crippen MR) is 127 cm³/mol. The molecule has 0 atom stereocenters. The minimum atomic E-state index is -0.847. The number of urea groups is 1. The second kappa shape index (κ2) is 9.88. The van der Waals surface area contributed by atoms with E-state index in [2.05, 4.69) is 21.2 Å². The van der Waals surface area contributed by atoms with Crippen LogP contribution in [0.25, 0.3) is 6.08 Å². The van der Waals surface area contributed by atoms with Gasteiger partial charge in [-0.05, 0) is 48.5 Å². The lowest BCUT2D eigenvalue weighted by molar-refractivity contribution is -0.122. The molecule has 4 amide bonds. The third-order valence-electron chi connectivity index (χ3n) is 5.05. The Morgan fingerprint density at radius 3 is 2.47 bits per heavy atom. The maximum absolute atomic E-state index is 14.0. The predicted octanol–water partition coefficient (Wildman–Crippen LogP) is 4.84. The van der Waals surface area contributed by atoms with Gasteiger partial charge in [-0.1, -0.05) is 34.1 Å². The number of methoxy groups -OCH3 is 1. The van der Waals surface area contributed by atoms with Crippen LogP contribution in [-0.2, 0) is 16.2 Å². The van der Waals surface area contributed by atoms with Crippen molar-refractivity contribution < 1.29 is 28.2 Å². The van der Waals surface area contributed by atoms with Gasteiger partial charge in [0.1, 0.15) is 29.5 Å². The topological polar surface area (TPSA) is 84.9 Å². The summed E-state index contributed by atoms with van der Waals surface area (Å²) in [6.45, 7) is -0.0837. The van der Waals surface area contributed by atoms with Crippen molar-refractivity contribution in [1.29, 1.82) is 0 Å². The van der Waals surface area contributed by atoms with Crippen molar-refractivity contribution in [2.45, 2.75) is 6.61 Å². The number of nitrogens with one attached hydrogen (secondary N) is 1. The molecule has 1 aliphatic heterocycles. The van der Waals surface area contributed by atoms with Gasteiger partial charge in [0, 0.05) is 21.7 Å². The monoisotopic (exact) mass is 524 g/mol. The molecule has 3 aromatic carbocycles. The van der Waals surface area contributed by atoms with Crippen LogP contribution in [0, 0.1) is 5.82 Å². The number of halogens is 2. The van der Waals surface area contributed by atoms with E-state index in [4.69, 9.17) is 9.47 Å². The quantitative estimate of drug-likeness (QED) is 0.368. The normalized spacial score (nSPS) is 14.9. The number of hydrogen-bond acceptors (Lipinski definition) is 5.